The van der Waals surface area contributed by atoms with Crippen LogP contribution in [0.25, 0.3) is 33.6 Å². The Morgan fingerprint density at radius 3 is 2.89 bits per heavy atom. The molecule has 0 radical (unpaired) electrons. The van der Waals surface area contributed by atoms with Crippen LogP contribution >= 0.6 is 0 Å². The molecule has 2 atom stereocenters. The number of nitrogens with zero attached hydrogens (tertiary/aromatic N) is 5. The predicted molar refractivity (Wildman–Crippen MR) is 139 cm³/mol. The van der Waals surface area contributed by atoms with E-state index in [4.69, 9.17) is 14.7 Å². The standard InChI is InChI=1S/C27H31N7O2/c1-28-24-13-21(20-16-33(17-7-11-36-12-8-17)25-18(20)5-4-10-29-25)32-26-19(15-30-34(24)26)22-14-27(35)9-3-2-6-23(27)31-22/h4-5,10,13-17,23,28,31,35H,2-3,6-9,11-12H2,1H3/t23-,27+/m1/s1. The maximum atomic E-state index is 11.2. The summed E-state index contributed by atoms with van der Waals surface area (Å²) in [6.07, 6.45) is 13.8. The summed E-state index contributed by atoms with van der Waals surface area (Å²) in [5, 5.41) is 23.8. The molecule has 1 aliphatic carbocycles. The highest BCUT2D eigenvalue weighted by Gasteiger charge is 2.42. The fraction of sp³-hybridized carbons (Fsp3) is 0.444. The number of aliphatic hydroxyl groups is 1. The van der Waals surface area contributed by atoms with Gasteiger partial charge in [-0.3, -0.25) is 0 Å². The van der Waals surface area contributed by atoms with E-state index in [0.717, 1.165) is 96.8 Å². The van der Waals surface area contributed by atoms with Crippen molar-refractivity contribution in [1.82, 2.24) is 29.5 Å². The summed E-state index contributed by atoms with van der Waals surface area (Å²) < 4.78 is 9.74. The van der Waals surface area contributed by atoms with Crippen molar-refractivity contribution in [3.8, 4) is 11.3 Å². The molecule has 3 N–H and O–H groups in total. The molecule has 1 saturated heterocycles. The van der Waals surface area contributed by atoms with Gasteiger partial charge in [-0.2, -0.15) is 9.61 Å². The molecule has 4 aromatic heterocycles. The quantitative estimate of drug-likeness (QED) is 0.405. The lowest BCUT2D eigenvalue weighted by Gasteiger charge is -2.33. The number of hydrogen-bond donors (Lipinski definition) is 3. The molecule has 0 amide bonds. The van der Waals surface area contributed by atoms with Gasteiger partial charge < -0.3 is 25.0 Å². The van der Waals surface area contributed by atoms with Crippen LogP contribution < -0.4 is 10.6 Å². The fourth-order valence-corrected chi connectivity index (χ4v) is 6.18. The van der Waals surface area contributed by atoms with E-state index in [9.17, 15) is 5.11 Å². The fourth-order valence-electron chi connectivity index (χ4n) is 6.18. The highest BCUT2D eigenvalue weighted by atomic mass is 16.5. The smallest absolute Gasteiger partial charge is 0.167 e. The van der Waals surface area contributed by atoms with E-state index >= 15 is 0 Å². The minimum absolute atomic E-state index is 0.0478. The Bertz CT molecular complexity index is 1480. The maximum absolute atomic E-state index is 11.2. The van der Waals surface area contributed by atoms with Crippen molar-refractivity contribution in [2.75, 3.05) is 25.6 Å². The van der Waals surface area contributed by atoms with E-state index < -0.39 is 5.60 Å². The van der Waals surface area contributed by atoms with Crippen molar-refractivity contribution >= 4 is 28.2 Å². The molecule has 186 valence electrons. The second kappa shape index (κ2) is 8.31. The largest absolute Gasteiger partial charge is 0.384 e. The van der Waals surface area contributed by atoms with Crippen LogP contribution in [0.1, 0.15) is 50.1 Å². The zero-order chi connectivity index (χ0) is 24.3. The molecule has 9 nitrogen and oxygen atoms in total. The monoisotopic (exact) mass is 485 g/mol. The van der Waals surface area contributed by atoms with E-state index in [1.54, 1.807) is 0 Å². The lowest BCUT2D eigenvalue weighted by atomic mass is 9.82. The van der Waals surface area contributed by atoms with E-state index in [2.05, 4.69) is 32.6 Å². The molecule has 2 aliphatic heterocycles. The molecule has 2 fully saturated rings. The SMILES string of the molecule is CNc1cc(-c2cn(C3CCOCC3)c3ncccc23)nc2c(C3=C[C@@]4(O)CCCC[C@H]4N3)cnn12. The first kappa shape index (κ1) is 21.8. The lowest BCUT2D eigenvalue weighted by molar-refractivity contribution is 0.0328. The molecular formula is C27H31N7O2. The third-order valence-corrected chi connectivity index (χ3v) is 8.12. The van der Waals surface area contributed by atoms with Gasteiger partial charge in [-0.05, 0) is 43.9 Å². The lowest BCUT2D eigenvalue weighted by Crippen LogP contribution is -2.45. The molecule has 3 aliphatic rings. The number of ether oxygens (including phenoxy) is 1. The summed E-state index contributed by atoms with van der Waals surface area (Å²) in [6.45, 7) is 1.55. The number of pyridine rings is 1. The molecule has 7 rings (SSSR count). The van der Waals surface area contributed by atoms with Crippen LogP contribution in [0.3, 0.4) is 0 Å². The zero-order valence-electron chi connectivity index (χ0n) is 20.4. The van der Waals surface area contributed by atoms with Crippen molar-refractivity contribution in [1.29, 1.82) is 0 Å². The highest BCUT2D eigenvalue weighted by molar-refractivity contribution is 5.94. The van der Waals surface area contributed by atoms with Gasteiger partial charge in [0.2, 0.25) is 0 Å². The number of hydrogen-bond acceptors (Lipinski definition) is 7. The van der Waals surface area contributed by atoms with E-state index in [-0.39, 0.29) is 6.04 Å². The second-order valence-electron chi connectivity index (χ2n) is 10.2. The summed E-state index contributed by atoms with van der Waals surface area (Å²) in [5.41, 5.74) is 4.68. The Morgan fingerprint density at radius 1 is 1.17 bits per heavy atom. The summed E-state index contributed by atoms with van der Waals surface area (Å²) >= 11 is 0. The van der Waals surface area contributed by atoms with Gasteiger partial charge in [0, 0.05) is 61.4 Å². The normalized spacial score (nSPS) is 24.6. The highest BCUT2D eigenvalue weighted by Crippen LogP contribution is 2.39. The van der Waals surface area contributed by atoms with Gasteiger partial charge >= 0.3 is 0 Å². The first-order valence-electron chi connectivity index (χ1n) is 13.0. The van der Waals surface area contributed by atoms with Crippen molar-refractivity contribution < 1.29 is 9.84 Å². The third kappa shape index (κ3) is 3.33. The summed E-state index contributed by atoms with van der Waals surface area (Å²) in [4.78, 5) is 9.88. The van der Waals surface area contributed by atoms with Crippen molar-refractivity contribution in [2.24, 2.45) is 0 Å². The van der Waals surface area contributed by atoms with E-state index in [1.165, 1.54) is 0 Å². The number of rotatable bonds is 4. The molecule has 1 saturated carbocycles. The van der Waals surface area contributed by atoms with Crippen molar-refractivity contribution in [2.45, 2.75) is 56.2 Å². The average molecular weight is 486 g/mol. The van der Waals surface area contributed by atoms with Crippen LogP contribution in [0.5, 0.6) is 0 Å². The minimum atomic E-state index is -0.798. The predicted octanol–water partition coefficient (Wildman–Crippen LogP) is 3.76. The minimum Gasteiger partial charge on any atom is -0.384 e. The Morgan fingerprint density at radius 2 is 2.06 bits per heavy atom. The summed E-state index contributed by atoms with van der Waals surface area (Å²) in [5.74, 6) is 0.854. The van der Waals surface area contributed by atoms with Gasteiger partial charge in [0.15, 0.2) is 5.65 Å². The van der Waals surface area contributed by atoms with Crippen LogP contribution in [0, 0.1) is 0 Å². The summed E-state index contributed by atoms with van der Waals surface area (Å²) in [6, 6.07) is 6.56. The molecule has 0 spiro atoms. The van der Waals surface area contributed by atoms with Crippen LogP contribution in [-0.2, 0) is 4.74 Å². The van der Waals surface area contributed by atoms with Gasteiger partial charge in [-0.25, -0.2) is 9.97 Å². The molecule has 0 bridgehead atoms. The second-order valence-corrected chi connectivity index (χ2v) is 10.2. The van der Waals surface area contributed by atoms with Gasteiger partial charge in [-0.15, -0.1) is 0 Å². The Labute approximate surface area is 209 Å². The van der Waals surface area contributed by atoms with Crippen molar-refractivity contribution in [3.05, 3.63) is 48.4 Å². The van der Waals surface area contributed by atoms with Gasteiger partial charge in [0.25, 0.3) is 0 Å². The van der Waals surface area contributed by atoms with Crippen LogP contribution in [-0.4, -0.2) is 61.2 Å². The average Bonchev–Trinajstić information content (AvgIpc) is 3.61. The number of aromatic nitrogens is 5. The number of fused-ring (bicyclic) bond motifs is 3. The molecular weight excluding hydrogens is 454 g/mol. The van der Waals surface area contributed by atoms with Crippen LogP contribution in [0.4, 0.5) is 5.82 Å². The molecule has 9 heteroatoms. The Kier molecular flexibility index (Phi) is 5.04. The van der Waals surface area contributed by atoms with Crippen LogP contribution in [0.2, 0.25) is 0 Å². The zero-order valence-corrected chi connectivity index (χ0v) is 20.4. The topological polar surface area (TPSA) is 102 Å². The van der Waals surface area contributed by atoms with E-state index in [1.807, 2.05) is 42.2 Å². The van der Waals surface area contributed by atoms with Gasteiger partial charge in [0.1, 0.15) is 17.1 Å². The molecule has 0 aromatic carbocycles. The first-order chi connectivity index (χ1) is 17.6. The van der Waals surface area contributed by atoms with Gasteiger partial charge in [0.05, 0.1) is 23.5 Å². The molecule has 6 heterocycles. The maximum Gasteiger partial charge on any atom is 0.167 e. The summed E-state index contributed by atoms with van der Waals surface area (Å²) in [7, 11) is 1.90. The van der Waals surface area contributed by atoms with E-state index in [0.29, 0.717) is 6.04 Å². The third-order valence-electron chi connectivity index (χ3n) is 8.12. The van der Waals surface area contributed by atoms with Crippen molar-refractivity contribution in [3.63, 3.8) is 0 Å². The first-order valence-corrected chi connectivity index (χ1v) is 13.0. The van der Waals surface area contributed by atoms with Gasteiger partial charge in [-0.1, -0.05) is 12.8 Å². The number of anilines is 1. The Hall–Kier alpha value is -3.43. The molecule has 36 heavy (non-hydrogen) atoms. The molecule has 4 aromatic rings. The number of nitrogens with one attached hydrogen (secondary N) is 2. The Balaban J connectivity index is 1.38. The van der Waals surface area contributed by atoms with Crippen LogP contribution in [0.15, 0.2) is 42.9 Å². The molecule has 0 unspecified atom stereocenters.